The van der Waals surface area contributed by atoms with Gasteiger partial charge in [0.25, 0.3) is 0 Å². The molecule has 2 aromatic carbocycles. The number of carbonyl (C=O) groups is 1. The van der Waals surface area contributed by atoms with E-state index in [1.54, 1.807) is 18.2 Å². The summed E-state index contributed by atoms with van der Waals surface area (Å²) in [6, 6.07) is 9.35. The molecule has 0 unspecified atom stereocenters. The van der Waals surface area contributed by atoms with E-state index in [9.17, 15) is 14.9 Å². The fraction of sp³-hybridized carbons (Fsp3) is 0. The first kappa shape index (κ1) is 15.5. The number of hydrogen-bond acceptors (Lipinski definition) is 4. The van der Waals surface area contributed by atoms with E-state index in [0.717, 1.165) is 4.47 Å². The van der Waals surface area contributed by atoms with Crippen molar-refractivity contribution in [1.29, 1.82) is 0 Å². The number of nitro groups is 1. The van der Waals surface area contributed by atoms with Gasteiger partial charge in [-0.2, -0.15) is 0 Å². The number of halogens is 2. The van der Waals surface area contributed by atoms with Gasteiger partial charge in [-0.15, -0.1) is 0 Å². The molecule has 6 nitrogen and oxygen atoms in total. The van der Waals surface area contributed by atoms with Crippen LogP contribution in [0.2, 0.25) is 0 Å². The third-order valence-corrected chi connectivity index (χ3v) is 3.80. The molecule has 0 atom stereocenters. The number of nitro benzene ring substituents is 1. The number of para-hydroxylation sites is 1. The highest BCUT2D eigenvalue weighted by Crippen LogP contribution is 2.34. The summed E-state index contributed by atoms with van der Waals surface area (Å²) < 4.78 is 1.53. The van der Waals surface area contributed by atoms with E-state index in [0.29, 0.717) is 10.2 Å². The minimum absolute atomic E-state index is 0.114. The van der Waals surface area contributed by atoms with Crippen LogP contribution in [0.15, 0.2) is 45.3 Å². The lowest BCUT2D eigenvalue weighted by Crippen LogP contribution is -2.05. The maximum absolute atomic E-state index is 11.2. The fourth-order valence-corrected chi connectivity index (χ4v) is 2.90. The van der Waals surface area contributed by atoms with Gasteiger partial charge in [-0.25, -0.2) is 4.79 Å². The number of hydrogen-bond donors (Lipinski definition) is 2. The predicted octanol–water partition coefficient (Wildman–Crippen LogP) is 4.56. The maximum atomic E-state index is 11.2. The van der Waals surface area contributed by atoms with Crippen LogP contribution >= 0.6 is 31.9 Å². The molecule has 0 spiro atoms. The number of rotatable bonds is 4. The number of nitrogens with one attached hydrogen (secondary N) is 1. The molecule has 21 heavy (non-hydrogen) atoms. The molecule has 8 heteroatoms. The highest BCUT2D eigenvalue weighted by Gasteiger charge is 2.24. The summed E-state index contributed by atoms with van der Waals surface area (Å²) in [4.78, 5) is 21.5. The number of carboxylic acids is 1. The molecule has 0 aliphatic carbocycles. The summed E-state index contributed by atoms with van der Waals surface area (Å²) >= 11 is 6.64. The van der Waals surface area contributed by atoms with Crippen LogP contribution in [0.25, 0.3) is 0 Å². The van der Waals surface area contributed by atoms with E-state index in [2.05, 4.69) is 37.2 Å². The third-order valence-electron chi connectivity index (χ3n) is 2.65. The summed E-state index contributed by atoms with van der Waals surface area (Å²) in [6.07, 6.45) is 0. The molecule has 0 radical (unpaired) electrons. The molecule has 2 rings (SSSR count). The van der Waals surface area contributed by atoms with E-state index >= 15 is 0 Å². The summed E-state index contributed by atoms with van der Waals surface area (Å²) in [5.74, 6) is -1.35. The van der Waals surface area contributed by atoms with Gasteiger partial charge in [0.15, 0.2) is 0 Å². The second-order valence-corrected chi connectivity index (χ2v) is 5.78. The molecule has 2 N–H and O–H groups in total. The second kappa shape index (κ2) is 6.23. The van der Waals surface area contributed by atoms with Gasteiger partial charge in [-0.1, -0.05) is 22.0 Å². The zero-order chi connectivity index (χ0) is 15.6. The first-order valence-corrected chi connectivity index (χ1v) is 7.21. The zero-order valence-electron chi connectivity index (χ0n) is 10.3. The lowest BCUT2D eigenvalue weighted by molar-refractivity contribution is -0.384. The van der Waals surface area contributed by atoms with E-state index in [1.165, 1.54) is 18.2 Å². The van der Waals surface area contributed by atoms with Crippen molar-refractivity contribution in [2.45, 2.75) is 0 Å². The SMILES string of the molecule is O=C(O)c1cccc(Nc2ccc(Br)cc2Br)c1[N+](=O)[O-]. The Bertz CT molecular complexity index is 734. The first-order chi connectivity index (χ1) is 9.90. The molecule has 0 amide bonds. The molecule has 0 aliphatic rings. The number of aromatic carboxylic acids is 1. The Morgan fingerprint density at radius 3 is 2.48 bits per heavy atom. The Hall–Kier alpha value is -1.93. The quantitative estimate of drug-likeness (QED) is 0.563. The van der Waals surface area contributed by atoms with Crippen LogP contribution in [-0.2, 0) is 0 Å². The Labute approximate surface area is 136 Å². The predicted molar refractivity (Wildman–Crippen MR) is 85.2 cm³/mol. The molecule has 0 saturated carbocycles. The molecule has 108 valence electrons. The van der Waals surface area contributed by atoms with Gasteiger partial charge in [0.2, 0.25) is 0 Å². The van der Waals surface area contributed by atoms with Crippen LogP contribution in [-0.4, -0.2) is 16.0 Å². The van der Waals surface area contributed by atoms with Crippen molar-refractivity contribution < 1.29 is 14.8 Å². The Balaban J connectivity index is 2.51. The van der Waals surface area contributed by atoms with Crippen molar-refractivity contribution in [3.63, 3.8) is 0 Å². The first-order valence-electron chi connectivity index (χ1n) is 5.63. The summed E-state index contributed by atoms with van der Waals surface area (Å²) in [5.41, 5.74) is -0.134. The lowest BCUT2D eigenvalue weighted by atomic mass is 10.1. The Morgan fingerprint density at radius 2 is 1.90 bits per heavy atom. The van der Waals surface area contributed by atoms with Gasteiger partial charge in [-0.3, -0.25) is 10.1 Å². The highest BCUT2D eigenvalue weighted by atomic mass is 79.9. The largest absolute Gasteiger partial charge is 0.477 e. The van der Waals surface area contributed by atoms with Crippen LogP contribution in [0.5, 0.6) is 0 Å². The minimum atomic E-state index is -1.35. The van der Waals surface area contributed by atoms with Crippen LogP contribution in [0.4, 0.5) is 17.1 Å². The molecule has 0 fully saturated rings. The van der Waals surface area contributed by atoms with Gasteiger partial charge >= 0.3 is 11.7 Å². The van der Waals surface area contributed by atoms with Crippen LogP contribution < -0.4 is 5.32 Å². The topological polar surface area (TPSA) is 92.5 Å². The number of anilines is 2. The Kier molecular flexibility index (Phi) is 4.59. The second-order valence-electron chi connectivity index (χ2n) is 4.01. The summed E-state index contributed by atoms with van der Waals surface area (Å²) in [6.45, 7) is 0. The van der Waals surface area contributed by atoms with Crippen molar-refractivity contribution in [3.05, 3.63) is 61.0 Å². The van der Waals surface area contributed by atoms with Gasteiger partial charge in [0.1, 0.15) is 11.3 Å². The van der Waals surface area contributed by atoms with E-state index in [4.69, 9.17) is 5.11 Å². The standard InChI is InChI=1S/C13H8Br2N2O4/c14-7-4-5-10(9(15)6-7)16-11-3-1-2-8(13(18)19)12(11)17(20)21/h1-6,16H,(H,18,19). The van der Waals surface area contributed by atoms with E-state index < -0.39 is 16.6 Å². The van der Waals surface area contributed by atoms with Crippen LogP contribution in [0, 0.1) is 10.1 Å². The monoisotopic (exact) mass is 414 g/mol. The molecule has 2 aromatic rings. The van der Waals surface area contributed by atoms with Crippen LogP contribution in [0.1, 0.15) is 10.4 Å². The highest BCUT2D eigenvalue weighted by molar-refractivity contribution is 9.11. The van der Waals surface area contributed by atoms with Crippen molar-refractivity contribution in [3.8, 4) is 0 Å². The summed E-state index contributed by atoms with van der Waals surface area (Å²) in [5, 5.41) is 23.1. The minimum Gasteiger partial charge on any atom is -0.477 e. The zero-order valence-corrected chi connectivity index (χ0v) is 13.5. The normalized spacial score (nSPS) is 10.2. The smallest absolute Gasteiger partial charge is 0.342 e. The van der Waals surface area contributed by atoms with Crippen molar-refractivity contribution in [2.75, 3.05) is 5.32 Å². The fourth-order valence-electron chi connectivity index (χ4n) is 1.75. The molecule has 0 saturated heterocycles. The number of nitrogens with zero attached hydrogens (tertiary/aromatic N) is 1. The van der Waals surface area contributed by atoms with Crippen molar-refractivity contribution in [1.82, 2.24) is 0 Å². The number of benzene rings is 2. The molecule has 0 aromatic heterocycles. The van der Waals surface area contributed by atoms with Gasteiger partial charge in [0, 0.05) is 8.95 Å². The third kappa shape index (κ3) is 3.40. The van der Waals surface area contributed by atoms with Gasteiger partial charge < -0.3 is 10.4 Å². The van der Waals surface area contributed by atoms with Gasteiger partial charge in [-0.05, 0) is 46.3 Å². The molecule has 0 bridgehead atoms. The van der Waals surface area contributed by atoms with Crippen molar-refractivity contribution in [2.24, 2.45) is 0 Å². The maximum Gasteiger partial charge on any atom is 0.342 e. The van der Waals surface area contributed by atoms with Crippen LogP contribution in [0.3, 0.4) is 0 Å². The average molecular weight is 416 g/mol. The van der Waals surface area contributed by atoms with Gasteiger partial charge in [0.05, 0.1) is 10.6 Å². The van der Waals surface area contributed by atoms with E-state index in [1.807, 2.05) is 0 Å². The van der Waals surface area contributed by atoms with E-state index in [-0.39, 0.29) is 11.3 Å². The number of carboxylic acid groups (broad SMARTS) is 1. The molecular weight excluding hydrogens is 408 g/mol. The molecular formula is C13H8Br2N2O4. The lowest BCUT2D eigenvalue weighted by Gasteiger charge is -2.10. The van der Waals surface area contributed by atoms with Crippen molar-refractivity contribution >= 4 is 54.9 Å². The average Bonchev–Trinajstić information content (AvgIpc) is 2.41. The Morgan fingerprint density at radius 1 is 1.19 bits per heavy atom. The summed E-state index contributed by atoms with van der Waals surface area (Å²) in [7, 11) is 0. The molecule has 0 heterocycles. The molecule has 0 aliphatic heterocycles.